The minimum absolute atomic E-state index is 0.217. The number of hydrogen-bond donors (Lipinski definition) is 0. The molecule has 0 aromatic heterocycles. The fourth-order valence-electron chi connectivity index (χ4n) is 2.41. The molecule has 24 heavy (non-hydrogen) atoms. The second kappa shape index (κ2) is 8.07. The van der Waals surface area contributed by atoms with E-state index in [1.807, 2.05) is 0 Å². The molecule has 2 rings (SSSR count). The van der Waals surface area contributed by atoms with Gasteiger partial charge in [0.05, 0.1) is 12.0 Å². The Labute approximate surface area is 141 Å². The summed E-state index contributed by atoms with van der Waals surface area (Å²) in [5.41, 5.74) is 0. The van der Waals surface area contributed by atoms with Crippen molar-refractivity contribution >= 4 is 21.9 Å². The number of carbonyl (C=O) groups excluding carboxylic acids is 2. The summed E-state index contributed by atoms with van der Waals surface area (Å²) < 4.78 is 31.1. The zero-order valence-corrected chi connectivity index (χ0v) is 14.2. The van der Waals surface area contributed by atoms with Gasteiger partial charge in [0, 0.05) is 38.3 Å². The summed E-state index contributed by atoms with van der Waals surface area (Å²) >= 11 is 0. The van der Waals surface area contributed by atoms with E-state index in [1.54, 1.807) is 30.3 Å². The normalized spacial score (nSPS) is 16.8. The third-order valence-corrected chi connectivity index (χ3v) is 5.62. The molecule has 1 aliphatic rings. The molecule has 0 saturated carbocycles. The predicted molar refractivity (Wildman–Crippen MR) is 87.6 cm³/mol. The van der Waals surface area contributed by atoms with Crippen LogP contribution in [0, 0.1) is 0 Å². The van der Waals surface area contributed by atoms with Gasteiger partial charge in [-0.25, -0.2) is 13.2 Å². The van der Waals surface area contributed by atoms with Crippen molar-refractivity contribution in [3.8, 4) is 0 Å². The average Bonchev–Trinajstić information content (AvgIpc) is 2.86. The molecule has 1 fully saturated rings. The first-order valence-electron chi connectivity index (χ1n) is 7.55. The number of amides is 1. The van der Waals surface area contributed by atoms with E-state index in [0.29, 0.717) is 19.5 Å². The molecule has 1 aromatic rings. The molecule has 0 unspecified atom stereocenters. The Bertz CT molecular complexity index is 715. The molecule has 0 bridgehead atoms. The Balaban J connectivity index is 2.04. The highest BCUT2D eigenvalue weighted by Crippen LogP contribution is 2.17. The fraction of sp³-hybridized carbons (Fsp3) is 0.375. The lowest BCUT2D eigenvalue weighted by molar-refractivity contribution is -0.135. The number of methoxy groups -OCH3 is 1. The summed E-state index contributed by atoms with van der Waals surface area (Å²) in [6.45, 7) is 1.28. The Kier molecular flexibility index (Phi) is 6.10. The molecule has 0 atom stereocenters. The highest BCUT2D eigenvalue weighted by Gasteiger charge is 2.27. The van der Waals surface area contributed by atoms with E-state index in [9.17, 15) is 18.0 Å². The third-order valence-electron chi connectivity index (χ3n) is 3.71. The van der Waals surface area contributed by atoms with Gasteiger partial charge in [-0.1, -0.05) is 18.2 Å². The molecule has 0 radical (unpaired) electrons. The number of hydrogen-bond acceptors (Lipinski definition) is 5. The van der Waals surface area contributed by atoms with Gasteiger partial charge < -0.3 is 9.64 Å². The first-order chi connectivity index (χ1) is 11.4. The smallest absolute Gasteiger partial charge is 0.330 e. The van der Waals surface area contributed by atoms with Gasteiger partial charge >= 0.3 is 5.97 Å². The van der Waals surface area contributed by atoms with Crippen molar-refractivity contribution in [2.45, 2.75) is 11.3 Å². The van der Waals surface area contributed by atoms with E-state index >= 15 is 0 Å². The quantitative estimate of drug-likeness (QED) is 0.586. The number of rotatable bonds is 4. The number of ether oxygens (including phenoxy) is 1. The maximum atomic E-state index is 12.6. The molecule has 1 heterocycles. The van der Waals surface area contributed by atoms with E-state index in [2.05, 4.69) is 4.74 Å². The number of sulfonamides is 1. The predicted octanol–water partition coefficient (Wildman–Crippen LogP) is 0.639. The lowest BCUT2D eigenvalue weighted by Crippen LogP contribution is -2.36. The highest BCUT2D eigenvalue weighted by molar-refractivity contribution is 7.89. The van der Waals surface area contributed by atoms with Crippen LogP contribution in [0.2, 0.25) is 0 Å². The molecule has 8 heteroatoms. The molecule has 1 amide bonds. The van der Waals surface area contributed by atoms with Crippen molar-refractivity contribution in [2.24, 2.45) is 0 Å². The fourth-order valence-corrected chi connectivity index (χ4v) is 3.90. The van der Waals surface area contributed by atoms with Crippen molar-refractivity contribution in [3.05, 3.63) is 42.5 Å². The molecule has 1 aromatic carbocycles. The second-order valence-electron chi connectivity index (χ2n) is 5.25. The van der Waals surface area contributed by atoms with Crippen LogP contribution in [0.5, 0.6) is 0 Å². The molecule has 1 saturated heterocycles. The van der Waals surface area contributed by atoms with Crippen molar-refractivity contribution < 1.29 is 22.7 Å². The van der Waals surface area contributed by atoms with E-state index in [1.165, 1.54) is 16.3 Å². The van der Waals surface area contributed by atoms with Gasteiger partial charge in [0.2, 0.25) is 15.9 Å². The van der Waals surface area contributed by atoms with Crippen LogP contribution in [0.25, 0.3) is 0 Å². The number of benzene rings is 1. The highest BCUT2D eigenvalue weighted by atomic mass is 32.2. The maximum absolute atomic E-state index is 12.6. The Morgan fingerprint density at radius 3 is 2.42 bits per heavy atom. The minimum Gasteiger partial charge on any atom is -0.466 e. The largest absolute Gasteiger partial charge is 0.466 e. The van der Waals surface area contributed by atoms with Gasteiger partial charge in [-0.15, -0.1) is 0 Å². The molecule has 7 nitrogen and oxygen atoms in total. The monoisotopic (exact) mass is 352 g/mol. The van der Waals surface area contributed by atoms with Gasteiger partial charge in [-0.2, -0.15) is 4.31 Å². The summed E-state index contributed by atoms with van der Waals surface area (Å²) in [5, 5.41) is 0. The van der Waals surface area contributed by atoms with Crippen LogP contribution in [0.4, 0.5) is 0 Å². The molecular weight excluding hydrogens is 332 g/mol. The summed E-state index contributed by atoms with van der Waals surface area (Å²) in [5.74, 6) is -0.939. The summed E-state index contributed by atoms with van der Waals surface area (Å²) in [4.78, 5) is 24.9. The summed E-state index contributed by atoms with van der Waals surface area (Å²) in [6.07, 6.45) is 2.74. The van der Waals surface area contributed by atoms with Crippen molar-refractivity contribution in [3.63, 3.8) is 0 Å². The topological polar surface area (TPSA) is 84.0 Å². The van der Waals surface area contributed by atoms with E-state index in [4.69, 9.17) is 0 Å². The van der Waals surface area contributed by atoms with Crippen LogP contribution in [-0.4, -0.2) is 62.8 Å². The van der Waals surface area contributed by atoms with Crippen molar-refractivity contribution in [1.82, 2.24) is 9.21 Å². The van der Waals surface area contributed by atoms with Gasteiger partial charge in [0.15, 0.2) is 0 Å². The first kappa shape index (κ1) is 18.2. The van der Waals surface area contributed by atoms with E-state index in [-0.39, 0.29) is 23.9 Å². The lowest BCUT2D eigenvalue weighted by Gasteiger charge is -2.21. The Morgan fingerprint density at radius 2 is 1.75 bits per heavy atom. The summed E-state index contributed by atoms with van der Waals surface area (Å²) in [7, 11) is -2.33. The molecule has 0 N–H and O–H groups in total. The average molecular weight is 352 g/mol. The van der Waals surface area contributed by atoms with Crippen molar-refractivity contribution in [1.29, 1.82) is 0 Å². The van der Waals surface area contributed by atoms with Crippen LogP contribution < -0.4 is 0 Å². The zero-order valence-electron chi connectivity index (χ0n) is 13.4. The summed E-state index contributed by atoms with van der Waals surface area (Å²) in [6, 6.07) is 8.23. The molecular formula is C16H20N2O5S. The lowest BCUT2D eigenvalue weighted by atomic mass is 10.3. The second-order valence-corrected chi connectivity index (χ2v) is 7.19. The Morgan fingerprint density at radius 1 is 1.04 bits per heavy atom. The van der Waals surface area contributed by atoms with Crippen LogP contribution in [0.3, 0.4) is 0 Å². The van der Waals surface area contributed by atoms with Crippen LogP contribution in [-0.2, 0) is 24.3 Å². The van der Waals surface area contributed by atoms with Gasteiger partial charge in [-0.05, 0) is 18.6 Å². The van der Waals surface area contributed by atoms with Crippen LogP contribution in [0.1, 0.15) is 6.42 Å². The molecule has 0 aliphatic carbocycles. The number of nitrogens with zero attached hydrogens (tertiary/aromatic N) is 2. The zero-order chi connectivity index (χ0) is 17.6. The van der Waals surface area contributed by atoms with E-state index in [0.717, 1.165) is 12.2 Å². The molecule has 1 aliphatic heterocycles. The van der Waals surface area contributed by atoms with Gasteiger partial charge in [0.1, 0.15) is 0 Å². The first-order valence-corrected chi connectivity index (χ1v) is 8.99. The van der Waals surface area contributed by atoms with Gasteiger partial charge in [0.25, 0.3) is 0 Å². The third kappa shape index (κ3) is 4.42. The minimum atomic E-state index is -3.56. The SMILES string of the molecule is COC(=O)/C=C/C(=O)N1CCCN(S(=O)(=O)c2ccccc2)CC1. The maximum Gasteiger partial charge on any atom is 0.330 e. The van der Waals surface area contributed by atoms with Crippen LogP contribution in [0.15, 0.2) is 47.4 Å². The number of carbonyl (C=O) groups is 2. The van der Waals surface area contributed by atoms with E-state index < -0.39 is 16.0 Å². The standard InChI is InChI=1S/C16H20N2O5S/c1-23-16(20)9-8-15(19)17-10-5-11-18(13-12-17)24(21,22)14-6-3-2-4-7-14/h2-4,6-9H,5,10-13H2,1H3/b9-8+. The van der Waals surface area contributed by atoms with Gasteiger partial charge in [-0.3, -0.25) is 4.79 Å². The molecule has 130 valence electrons. The molecule has 0 spiro atoms. The Hall–Kier alpha value is -2.19. The van der Waals surface area contributed by atoms with Crippen molar-refractivity contribution in [2.75, 3.05) is 33.3 Å². The van der Waals surface area contributed by atoms with Crippen LogP contribution >= 0.6 is 0 Å². The number of esters is 1.